The molecule has 178 valence electrons. The standard InChI is InChI=1S/C26H23ClFN5O2/c1-15-10-17(3-2-16-4-8-19(28)9-5-16)13-29-24(15)32-26(35)23-22(27)14-30-33(23)21-11-20(12-21)31-25(34)18-6-7-18/h4-5,8-10,13-14,18,20-21H,6-7,11-12H2,1H3,(H,31,34)(H,29,32,35). The number of halogens is 2. The summed E-state index contributed by atoms with van der Waals surface area (Å²) in [7, 11) is 0. The molecule has 2 saturated carbocycles. The van der Waals surface area contributed by atoms with Gasteiger partial charge < -0.3 is 10.6 Å². The summed E-state index contributed by atoms with van der Waals surface area (Å²) in [4.78, 5) is 29.4. The Bertz CT molecular complexity index is 1350. The van der Waals surface area contributed by atoms with Crippen molar-refractivity contribution in [1.82, 2.24) is 20.1 Å². The summed E-state index contributed by atoms with van der Waals surface area (Å²) in [6.07, 6.45) is 6.37. The van der Waals surface area contributed by atoms with Crippen LogP contribution >= 0.6 is 11.6 Å². The van der Waals surface area contributed by atoms with Gasteiger partial charge in [0, 0.05) is 29.3 Å². The lowest BCUT2D eigenvalue weighted by atomic mass is 9.86. The summed E-state index contributed by atoms with van der Waals surface area (Å²) >= 11 is 6.30. The predicted octanol–water partition coefficient (Wildman–Crippen LogP) is 4.26. The average molecular weight is 492 g/mol. The Balaban J connectivity index is 1.24. The van der Waals surface area contributed by atoms with E-state index in [0.717, 1.165) is 18.4 Å². The first kappa shape index (κ1) is 23.1. The number of nitrogens with one attached hydrogen (secondary N) is 2. The summed E-state index contributed by atoms with van der Waals surface area (Å²) in [5, 5.41) is 10.4. The van der Waals surface area contributed by atoms with Crippen LogP contribution in [0, 0.1) is 30.5 Å². The van der Waals surface area contributed by atoms with Gasteiger partial charge in [-0.15, -0.1) is 0 Å². The van der Waals surface area contributed by atoms with Crippen LogP contribution in [-0.2, 0) is 4.79 Å². The highest BCUT2D eigenvalue weighted by atomic mass is 35.5. The lowest BCUT2D eigenvalue weighted by molar-refractivity contribution is -0.123. The molecule has 0 spiro atoms. The van der Waals surface area contributed by atoms with Crippen molar-refractivity contribution in [3.63, 3.8) is 0 Å². The molecular formula is C26H23ClFN5O2. The topological polar surface area (TPSA) is 88.9 Å². The maximum atomic E-state index is 13.1. The van der Waals surface area contributed by atoms with Crippen molar-refractivity contribution >= 4 is 29.2 Å². The van der Waals surface area contributed by atoms with Gasteiger partial charge >= 0.3 is 0 Å². The minimum Gasteiger partial charge on any atom is -0.353 e. The van der Waals surface area contributed by atoms with E-state index >= 15 is 0 Å². The van der Waals surface area contributed by atoms with Gasteiger partial charge in [-0.2, -0.15) is 5.10 Å². The van der Waals surface area contributed by atoms with Crippen LogP contribution in [0.5, 0.6) is 0 Å². The zero-order valence-electron chi connectivity index (χ0n) is 19.0. The third-order valence-electron chi connectivity index (χ3n) is 6.23. The number of pyridine rings is 1. The lowest BCUT2D eigenvalue weighted by Crippen LogP contribution is -2.46. The molecule has 3 aromatic rings. The zero-order valence-corrected chi connectivity index (χ0v) is 19.8. The van der Waals surface area contributed by atoms with Crippen molar-refractivity contribution in [3.8, 4) is 11.8 Å². The van der Waals surface area contributed by atoms with E-state index in [1.54, 1.807) is 23.0 Å². The van der Waals surface area contributed by atoms with Gasteiger partial charge in [0.2, 0.25) is 5.91 Å². The van der Waals surface area contributed by atoms with Crippen molar-refractivity contribution in [1.29, 1.82) is 0 Å². The highest BCUT2D eigenvalue weighted by molar-refractivity contribution is 6.34. The number of carbonyl (C=O) groups excluding carboxylic acids is 2. The molecule has 2 aromatic heterocycles. The molecule has 2 heterocycles. The Hall–Kier alpha value is -3.70. The van der Waals surface area contributed by atoms with Crippen molar-refractivity contribution in [2.75, 3.05) is 5.32 Å². The van der Waals surface area contributed by atoms with Crippen LogP contribution in [0.15, 0.2) is 42.7 Å². The van der Waals surface area contributed by atoms with Crippen LogP contribution in [0.2, 0.25) is 5.02 Å². The Morgan fingerprint density at radius 2 is 1.83 bits per heavy atom. The van der Waals surface area contributed by atoms with Gasteiger partial charge in [0.25, 0.3) is 5.91 Å². The van der Waals surface area contributed by atoms with E-state index in [-0.39, 0.29) is 40.4 Å². The molecule has 2 N–H and O–H groups in total. The van der Waals surface area contributed by atoms with Gasteiger partial charge in [0.15, 0.2) is 0 Å². The van der Waals surface area contributed by atoms with E-state index in [1.165, 1.54) is 18.3 Å². The van der Waals surface area contributed by atoms with Crippen LogP contribution in [-0.4, -0.2) is 32.6 Å². The second-order valence-electron chi connectivity index (χ2n) is 8.99. The number of nitrogens with zero attached hydrogens (tertiary/aromatic N) is 3. The Labute approximate surface area is 207 Å². The van der Waals surface area contributed by atoms with Gasteiger partial charge in [-0.1, -0.05) is 23.4 Å². The SMILES string of the molecule is Cc1cc(C#Cc2ccc(F)cc2)cnc1NC(=O)c1c(Cl)cnn1C1CC(NC(=O)C2CC2)C1. The lowest BCUT2D eigenvalue weighted by Gasteiger charge is -2.36. The number of hydrogen-bond donors (Lipinski definition) is 2. The van der Waals surface area contributed by atoms with E-state index in [9.17, 15) is 14.0 Å². The van der Waals surface area contributed by atoms with E-state index in [2.05, 4.69) is 32.6 Å². The van der Waals surface area contributed by atoms with Crippen molar-refractivity contribution in [2.24, 2.45) is 5.92 Å². The second kappa shape index (κ2) is 9.51. The fourth-order valence-electron chi connectivity index (χ4n) is 4.02. The number of aromatic nitrogens is 3. The van der Waals surface area contributed by atoms with Gasteiger partial charge in [0.1, 0.15) is 17.3 Å². The highest BCUT2D eigenvalue weighted by Gasteiger charge is 2.38. The molecule has 2 aliphatic rings. The van der Waals surface area contributed by atoms with Crippen LogP contribution < -0.4 is 10.6 Å². The third kappa shape index (κ3) is 5.20. The molecule has 0 saturated heterocycles. The summed E-state index contributed by atoms with van der Waals surface area (Å²) in [6.45, 7) is 1.82. The van der Waals surface area contributed by atoms with Gasteiger partial charge in [-0.3, -0.25) is 14.3 Å². The van der Waals surface area contributed by atoms with Gasteiger partial charge in [-0.05, 0) is 68.5 Å². The molecule has 35 heavy (non-hydrogen) atoms. The molecule has 9 heteroatoms. The number of amides is 2. The molecule has 1 aromatic carbocycles. The van der Waals surface area contributed by atoms with Crippen molar-refractivity contribution in [2.45, 2.75) is 44.7 Å². The Morgan fingerprint density at radius 3 is 2.51 bits per heavy atom. The van der Waals surface area contributed by atoms with E-state index in [0.29, 0.717) is 29.8 Å². The monoisotopic (exact) mass is 491 g/mol. The number of anilines is 1. The number of aryl methyl sites for hydroxylation is 1. The number of hydrogen-bond acceptors (Lipinski definition) is 4. The quantitative estimate of drug-likeness (QED) is 0.522. The fourth-order valence-corrected chi connectivity index (χ4v) is 4.23. The van der Waals surface area contributed by atoms with Gasteiger partial charge in [0.05, 0.1) is 17.3 Å². The molecular weight excluding hydrogens is 469 g/mol. The third-order valence-corrected chi connectivity index (χ3v) is 6.50. The first-order valence-electron chi connectivity index (χ1n) is 11.5. The summed E-state index contributed by atoms with van der Waals surface area (Å²) in [6, 6.07) is 7.83. The maximum Gasteiger partial charge on any atom is 0.276 e. The van der Waals surface area contributed by atoms with Crippen molar-refractivity contribution in [3.05, 3.63) is 75.9 Å². The minimum absolute atomic E-state index is 0.00841. The summed E-state index contributed by atoms with van der Waals surface area (Å²) in [5.41, 5.74) is 2.36. The smallest absolute Gasteiger partial charge is 0.276 e. The molecule has 2 amide bonds. The Morgan fingerprint density at radius 1 is 1.11 bits per heavy atom. The maximum absolute atomic E-state index is 13.1. The number of benzene rings is 1. The normalized spacial score (nSPS) is 18.7. The zero-order chi connectivity index (χ0) is 24.5. The molecule has 0 bridgehead atoms. The molecule has 2 fully saturated rings. The molecule has 0 unspecified atom stereocenters. The molecule has 0 radical (unpaired) electrons. The van der Waals surface area contributed by atoms with Crippen LogP contribution in [0.25, 0.3) is 0 Å². The molecule has 5 rings (SSSR count). The first-order valence-corrected chi connectivity index (χ1v) is 11.8. The summed E-state index contributed by atoms with van der Waals surface area (Å²) < 4.78 is 14.7. The minimum atomic E-state index is -0.404. The number of carbonyl (C=O) groups is 2. The molecule has 7 nitrogen and oxygen atoms in total. The fraction of sp³-hybridized carbons (Fsp3) is 0.308. The second-order valence-corrected chi connectivity index (χ2v) is 9.40. The predicted molar refractivity (Wildman–Crippen MR) is 129 cm³/mol. The van der Waals surface area contributed by atoms with E-state index in [1.807, 2.05) is 13.0 Å². The average Bonchev–Trinajstić information content (AvgIpc) is 3.59. The highest BCUT2D eigenvalue weighted by Crippen LogP contribution is 2.36. The first-order chi connectivity index (χ1) is 16.9. The molecule has 0 aliphatic heterocycles. The van der Waals surface area contributed by atoms with Gasteiger partial charge in [-0.25, -0.2) is 9.37 Å². The van der Waals surface area contributed by atoms with Crippen LogP contribution in [0.4, 0.5) is 10.2 Å². The Kier molecular flexibility index (Phi) is 6.27. The number of rotatable bonds is 5. The van der Waals surface area contributed by atoms with Crippen LogP contribution in [0.3, 0.4) is 0 Å². The van der Waals surface area contributed by atoms with Crippen molar-refractivity contribution < 1.29 is 14.0 Å². The van der Waals surface area contributed by atoms with E-state index in [4.69, 9.17) is 11.6 Å². The molecule has 2 aliphatic carbocycles. The summed E-state index contributed by atoms with van der Waals surface area (Å²) in [5.74, 6) is 5.93. The van der Waals surface area contributed by atoms with E-state index < -0.39 is 5.91 Å². The van der Waals surface area contributed by atoms with Crippen LogP contribution in [0.1, 0.15) is 58.9 Å². The largest absolute Gasteiger partial charge is 0.353 e. The molecule has 0 atom stereocenters.